The highest BCUT2D eigenvalue weighted by Gasteiger charge is 2.03. The molecule has 17 heavy (non-hydrogen) atoms. The molecule has 92 valence electrons. The van der Waals surface area contributed by atoms with E-state index in [0.29, 0.717) is 17.7 Å². The number of benzene rings is 1. The summed E-state index contributed by atoms with van der Waals surface area (Å²) in [5.41, 5.74) is 2.22. The molecule has 0 aliphatic heterocycles. The van der Waals surface area contributed by atoms with Crippen LogP contribution in [0.3, 0.4) is 0 Å². The summed E-state index contributed by atoms with van der Waals surface area (Å²) in [5, 5.41) is 2.94. The Hall–Kier alpha value is -1.84. The smallest absolute Gasteiger partial charge is 0.331 e. The van der Waals surface area contributed by atoms with Crippen LogP contribution in [0.15, 0.2) is 24.4 Å². The van der Waals surface area contributed by atoms with Crippen LogP contribution >= 0.6 is 0 Å². The normalized spacial score (nSPS) is 10.6. The SMILES string of the molecule is COC(=O)/C=C/NCc1cc(C)c(F)c(C)c1. The Morgan fingerprint density at radius 1 is 1.41 bits per heavy atom. The lowest BCUT2D eigenvalue weighted by Crippen LogP contribution is -2.07. The molecule has 0 unspecified atom stereocenters. The summed E-state index contributed by atoms with van der Waals surface area (Å²) >= 11 is 0. The van der Waals surface area contributed by atoms with Crippen LogP contribution in [0.1, 0.15) is 16.7 Å². The number of ether oxygens (including phenoxy) is 1. The van der Waals surface area contributed by atoms with Gasteiger partial charge >= 0.3 is 5.97 Å². The van der Waals surface area contributed by atoms with Crippen molar-refractivity contribution in [3.63, 3.8) is 0 Å². The molecule has 0 fully saturated rings. The Labute approximate surface area is 100 Å². The molecule has 1 rings (SSSR count). The summed E-state index contributed by atoms with van der Waals surface area (Å²) in [6.07, 6.45) is 2.81. The first-order valence-electron chi connectivity index (χ1n) is 5.28. The van der Waals surface area contributed by atoms with Crippen molar-refractivity contribution < 1.29 is 13.9 Å². The molecule has 0 aliphatic rings. The number of rotatable bonds is 4. The van der Waals surface area contributed by atoms with E-state index < -0.39 is 5.97 Å². The molecule has 1 aromatic carbocycles. The van der Waals surface area contributed by atoms with Crippen LogP contribution in [0.2, 0.25) is 0 Å². The van der Waals surface area contributed by atoms with Crippen molar-refractivity contribution in [2.45, 2.75) is 20.4 Å². The molecular weight excluding hydrogens is 221 g/mol. The van der Waals surface area contributed by atoms with E-state index in [1.807, 2.05) is 0 Å². The molecule has 0 spiro atoms. The molecule has 1 N–H and O–H groups in total. The number of methoxy groups -OCH3 is 1. The van der Waals surface area contributed by atoms with Crippen molar-refractivity contribution >= 4 is 5.97 Å². The van der Waals surface area contributed by atoms with Gasteiger partial charge in [-0.05, 0) is 30.5 Å². The summed E-state index contributed by atoms with van der Waals surface area (Å²) in [4.78, 5) is 10.8. The first kappa shape index (κ1) is 13.2. The zero-order chi connectivity index (χ0) is 12.8. The summed E-state index contributed by atoms with van der Waals surface area (Å²) in [5.74, 6) is -0.581. The largest absolute Gasteiger partial charge is 0.466 e. The third kappa shape index (κ3) is 3.90. The molecule has 0 saturated carbocycles. The number of carbonyl (C=O) groups is 1. The second-order valence-electron chi connectivity index (χ2n) is 3.78. The van der Waals surface area contributed by atoms with Crippen LogP contribution < -0.4 is 5.32 Å². The van der Waals surface area contributed by atoms with Crippen LogP contribution in [0.25, 0.3) is 0 Å². The van der Waals surface area contributed by atoms with Gasteiger partial charge in [0.2, 0.25) is 0 Å². The average Bonchev–Trinajstić information content (AvgIpc) is 2.31. The van der Waals surface area contributed by atoms with E-state index in [-0.39, 0.29) is 5.82 Å². The van der Waals surface area contributed by atoms with Crippen LogP contribution in [-0.4, -0.2) is 13.1 Å². The van der Waals surface area contributed by atoms with Gasteiger partial charge in [0.25, 0.3) is 0 Å². The molecule has 1 aromatic rings. The predicted molar refractivity (Wildman–Crippen MR) is 63.9 cm³/mol. The third-order valence-corrected chi connectivity index (χ3v) is 2.34. The second-order valence-corrected chi connectivity index (χ2v) is 3.78. The Bertz CT molecular complexity index is 418. The summed E-state index contributed by atoms with van der Waals surface area (Å²) < 4.78 is 17.8. The number of aryl methyl sites for hydroxylation is 2. The number of esters is 1. The van der Waals surface area contributed by atoms with E-state index >= 15 is 0 Å². The highest BCUT2D eigenvalue weighted by molar-refractivity contribution is 5.81. The Kier molecular flexibility index (Phi) is 4.69. The Morgan fingerprint density at radius 3 is 2.53 bits per heavy atom. The Morgan fingerprint density at radius 2 is 2.00 bits per heavy atom. The summed E-state index contributed by atoms with van der Waals surface area (Å²) in [6, 6.07) is 3.56. The topological polar surface area (TPSA) is 38.3 Å². The molecule has 0 atom stereocenters. The number of hydrogen-bond acceptors (Lipinski definition) is 3. The molecule has 4 heteroatoms. The minimum atomic E-state index is -0.413. The monoisotopic (exact) mass is 237 g/mol. The van der Waals surface area contributed by atoms with Gasteiger partial charge in [-0.3, -0.25) is 0 Å². The van der Waals surface area contributed by atoms with Gasteiger partial charge in [0.05, 0.1) is 7.11 Å². The van der Waals surface area contributed by atoms with Gasteiger partial charge in [-0.15, -0.1) is 0 Å². The zero-order valence-corrected chi connectivity index (χ0v) is 10.2. The van der Waals surface area contributed by atoms with E-state index in [1.165, 1.54) is 19.4 Å². The maximum atomic E-state index is 13.4. The number of nitrogens with one attached hydrogen (secondary N) is 1. The standard InChI is InChI=1S/C13H16FNO2/c1-9-6-11(7-10(2)13(9)14)8-15-5-4-12(16)17-3/h4-7,15H,8H2,1-3H3/b5-4+. The van der Waals surface area contributed by atoms with Crippen LogP contribution in [0, 0.1) is 19.7 Å². The summed E-state index contributed by atoms with van der Waals surface area (Å²) in [7, 11) is 1.32. The van der Waals surface area contributed by atoms with E-state index in [2.05, 4.69) is 10.1 Å². The predicted octanol–water partition coefficient (Wildman–Crippen LogP) is 2.22. The average molecular weight is 237 g/mol. The van der Waals surface area contributed by atoms with Crippen molar-refractivity contribution in [2.24, 2.45) is 0 Å². The van der Waals surface area contributed by atoms with Crippen molar-refractivity contribution in [1.29, 1.82) is 0 Å². The lowest BCUT2D eigenvalue weighted by molar-refractivity contribution is -0.134. The fourth-order valence-electron chi connectivity index (χ4n) is 1.51. The van der Waals surface area contributed by atoms with Crippen molar-refractivity contribution in [1.82, 2.24) is 5.32 Å². The third-order valence-electron chi connectivity index (χ3n) is 2.34. The summed E-state index contributed by atoms with van der Waals surface area (Å²) in [6.45, 7) is 4.00. The number of halogens is 1. The second kappa shape index (κ2) is 6.03. The van der Waals surface area contributed by atoms with Crippen LogP contribution in [0.4, 0.5) is 4.39 Å². The van der Waals surface area contributed by atoms with Crippen molar-refractivity contribution in [2.75, 3.05) is 7.11 Å². The fourth-order valence-corrected chi connectivity index (χ4v) is 1.51. The highest BCUT2D eigenvalue weighted by atomic mass is 19.1. The maximum Gasteiger partial charge on any atom is 0.331 e. The van der Waals surface area contributed by atoms with E-state index in [4.69, 9.17) is 0 Å². The lowest BCUT2D eigenvalue weighted by Gasteiger charge is -2.06. The van der Waals surface area contributed by atoms with E-state index in [1.54, 1.807) is 26.0 Å². The molecule has 0 aromatic heterocycles. The van der Waals surface area contributed by atoms with Gasteiger partial charge in [-0.2, -0.15) is 0 Å². The van der Waals surface area contributed by atoms with Crippen LogP contribution in [0.5, 0.6) is 0 Å². The zero-order valence-electron chi connectivity index (χ0n) is 10.2. The molecule has 0 radical (unpaired) electrons. The molecule has 0 bridgehead atoms. The minimum absolute atomic E-state index is 0.168. The van der Waals surface area contributed by atoms with Gasteiger partial charge in [-0.1, -0.05) is 12.1 Å². The molecular formula is C13H16FNO2. The first-order chi connectivity index (χ1) is 8.04. The van der Waals surface area contributed by atoms with Gasteiger partial charge in [-0.25, -0.2) is 9.18 Å². The molecule has 0 saturated heterocycles. The van der Waals surface area contributed by atoms with Crippen LogP contribution in [-0.2, 0) is 16.1 Å². The first-order valence-corrected chi connectivity index (χ1v) is 5.28. The molecule has 3 nitrogen and oxygen atoms in total. The quantitative estimate of drug-likeness (QED) is 0.644. The van der Waals surface area contributed by atoms with Crippen molar-refractivity contribution in [3.05, 3.63) is 46.9 Å². The highest BCUT2D eigenvalue weighted by Crippen LogP contribution is 2.14. The van der Waals surface area contributed by atoms with Gasteiger partial charge < -0.3 is 10.1 Å². The fraction of sp³-hybridized carbons (Fsp3) is 0.308. The van der Waals surface area contributed by atoms with Gasteiger partial charge in [0.15, 0.2) is 0 Å². The van der Waals surface area contributed by atoms with Gasteiger partial charge in [0, 0.05) is 18.8 Å². The maximum absolute atomic E-state index is 13.4. The van der Waals surface area contributed by atoms with Gasteiger partial charge in [0.1, 0.15) is 5.82 Å². The lowest BCUT2D eigenvalue weighted by atomic mass is 10.1. The molecule has 0 amide bonds. The number of hydrogen-bond donors (Lipinski definition) is 1. The van der Waals surface area contributed by atoms with E-state index in [9.17, 15) is 9.18 Å². The van der Waals surface area contributed by atoms with E-state index in [0.717, 1.165) is 5.56 Å². The Balaban J connectivity index is 2.59. The van der Waals surface area contributed by atoms with Crippen molar-refractivity contribution in [3.8, 4) is 0 Å². The number of carbonyl (C=O) groups excluding carboxylic acids is 1. The molecule has 0 aliphatic carbocycles. The molecule has 0 heterocycles. The minimum Gasteiger partial charge on any atom is -0.466 e.